The number of hydrogen-bond donors (Lipinski definition) is 0. The molecule has 0 nitrogen and oxygen atoms in total. The quantitative estimate of drug-likeness (QED) is 0.257. The van der Waals surface area contributed by atoms with Gasteiger partial charge in [-0.3, -0.25) is 0 Å². The first-order chi connectivity index (χ1) is 19.9. The molecule has 0 heterocycles. The summed E-state index contributed by atoms with van der Waals surface area (Å²) in [5, 5.41) is 0. The fraction of sp³-hybridized carbons (Fsp3) is 0.286. The summed E-state index contributed by atoms with van der Waals surface area (Å²) in [7, 11) is 0. The van der Waals surface area contributed by atoms with Gasteiger partial charge in [-0.25, -0.2) is 0 Å². The molecule has 0 aliphatic heterocycles. The van der Waals surface area contributed by atoms with Crippen LogP contribution in [-0.2, 0) is 17.3 Å². The molecule has 0 bridgehead atoms. The molecule has 214 valence electrons. The van der Waals surface area contributed by atoms with Crippen LogP contribution in [-0.4, -0.2) is 0 Å². The number of aryl methyl sites for hydroxylation is 3. The lowest BCUT2D eigenvalue weighted by Gasteiger charge is -2.32. The van der Waals surface area contributed by atoms with E-state index in [9.17, 15) is 0 Å². The molecule has 0 aromatic heterocycles. The third-order valence-electron chi connectivity index (χ3n) is 9.91. The minimum Gasteiger partial charge on any atom is -0.0949 e. The van der Waals surface area contributed by atoms with Gasteiger partial charge < -0.3 is 0 Å². The van der Waals surface area contributed by atoms with E-state index in [1.807, 2.05) is 0 Å². The van der Waals surface area contributed by atoms with E-state index in [4.69, 9.17) is 0 Å². The molecule has 0 amide bonds. The molecule has 0 N–H and O–H groups in total. The standard InChI is InChI=1S/C42H46/c1-28-16-10-15-21-39(28)41(6,7)30(3)23-26-34-32(5)35(38-20-14-13-19-37(34)38)27-24-31(4)42(8,9)40-29(2)22-25-33-17-11-12-18-36(33)40/h10,12-16,18-27H,3,11,17H2,1-2,4-9H3/b26-23+,31-24-,35-27-. The maximum absolute atomic E-state index is 4.52. The average molecular weight is 551 g/mol. The first-order valence-corrected chi connectivity index (χ1v) is 15.4. The second kappa shape index (κ2) is 11.4. The van der Waals surface area contributed by atoms with Crippen LogP contribution < -0.4 is 0 Å². The van der Waals surface area contributed by atoms with Gasteiger partial charge in [-0.05, 0) is 107 Å². The van der Waals surface area contributed by atoms with Crippen molar-refractivity contribution in [3.63, 3.8) is 0 Å². The molecule has 2 aliphatic carbocycles. The van der Waals surface area contributed by atoms with E-state index in [1.165, 1.54) is 66.8 Å². The molecule has 0 heteroatoms. The Kier molecular flexibility index (Phi) is 8.04. The van der Waals surface area contributed by atoms with Crippen LogP contribution in [0.15, 0.2) is 114 Å². The molecule has 0 radical (unpaired) electrons. The van der Waals surface area contributed by atoms with E-state index in [1.54, 1.807) is 0 Å². The minimum atomic E-state index is -0.150. The summed E-state index contributed by atoms with van der Waals surface area (Å²) in [6.07, 6.45) is 16.2. The van der Waals surface area contributed by atoms with Gasteiger partial charge >= 0.3 is 0 Å². The molecule has 0 saturated carbocycles. The number of rotatable bonds is 7. The molecule has 0 unspecified atom stereocenters. The highest BCUT2D eigenvalue weighted by molar-refractivity contribution is 6.03. The zero-order valence-corrected chi connectivity index (χ0v) is 26.9. The number of fused-ring (bicyclic) bond motifs is 2. The third-order valence-corrected chi connectivity index (χ3v) is 9.91. The van der Waals surface area contributed by atoms with Gasteiger partial charge in [0.2, 0.25) is 0 Å². The highest BCUT2D eigenvalue weighted by Gasteiger charge is 2.29. The van der Waals surface area contributed by atoms with Crippen LogP contribution in [0.25, 0.3) is 17.2 Å². The van der Waals surface area contributed by atoms with Crippen LogP contribution in [0.1, 0.15) is 92.5 Å². The normalized spacial score (nSPS) is 16.4. The Hall–Kier alpha value is -3.90. The Morgan fingerprint density at radius 2 is 1.50 bits per heavy atom. The second-order valence-corrected chi connectivity index (χ2v) is 13.2. The van der Waals surface area contributed by atoms with Crippen molar-refractivity contribution in [2.75, 3.05) is 0 Å². The fourth-order valence-corrected chi connectivity index (χ4v) is 6.83. The van der Waals surface area contributed by atoms with Gasteiger partial charge in [-0.1, -0.05) is 137 Å². The van der Waals surface area contributed by atoms with Gasteiger partial charge in [-0.15, -0.1) is 0 Å². The Labute approximate surface area is 254 Å². The van der Waals surface area contributed by atoms with Gasteiger partial charge in [0.15, 0.2) is 0 Å². The summed E-state index contributed by atoms with van der Waals surface area (Å²) in [6.45, 7) is 22.8. The Bertz CT molecular complexity index is 1700. The molecular weight excluding hydrogens is 504 g/mol. The zero-order valence-electron chi connectivity index (χ0n) is 26.9. The van der Waals surface area contributed by atoms with Crippen molar-refractivity contribution in [3.05, 3.63) is 159 Å². The monoisotopic (exact) mass is 550 g/mol. The molecule has 3 aromatic carbocycles. The van der Waals surface area contributed by atoms with Crippen LogP contribution in [0.3, 0.4) is 0 Å². The highest BCUT2D eigenvalue weighted by Crippen LogP contribution is 2.44. The molecule has 42 heavy (non-hydrogen) atoms. The first-order valence-electron chi connectivity index (χ1n) is 15.4. The largest absolute Gasteiger partial charge is 0.0949 e. The molecule has 0 fully saturated rings. The van der Waals surface area contributed by atoms with Crippen molar-refractivity contribution in [2.24, 2.45) is 0 Å². The van der Waals surface area contributed by atoms with Crippen LogP contribution in [0.2, 0.25) is 0 Å². The number of allylic oxidation sites excluding steroid dienone is 10. The number of benzene rings is 3. The Morgan fingerprint density at radius 3 is 2.24 bits per heavy atom. The van der Waals surface area contributed by atoms with E-state index in [0.29, 0.717) is 0 Å². The lowest BCUT2D eigenvalue weighted by molar-refractivity contribution is 0.616. The zero-order chi connectivity index (χ0) is 30.2. The summed E-state index contributed by atoms with van der Waals surface area (Å²) in [6, 6.07) is 22.1. The molecule has 0 spiro atoms. The first kappa shape index (κ1) is 29.6. The maximum atomic E-state index is 4.52. The summed E-state index contributed by atoms with van der Waals surface area (Å²) in [4.78, 5) is 0. The van der Waals surface area contributed by atoms with E-state index in [0.717, 1.165) is 18.4 Å². The third kappa shape index (κ3) is 5.24. The maximum Gasteiger partial charge on any atom is 0.0143 e. The van der Waals surface area contributed by atoms with Gasteiger partial charge in [0, 0.05) is 10.8 Å². The molecule has 0 saturated heterocycles. The second-order valence-electron chi connectivity index (χ2n) is 13.2. The average Bonchev–Trinajstić information content (AvgIpc) is 3.24. The van der Waals surface area contributed by atoms with Crippen LogP contribution >= 0.6 is 0 Å². The SMILES string of the molecule is C=C(/C=C/C1=C(C)C(=C/C=C(/C)C(C)(C)c2c(C)ccc3c2C=CCC3)/c2ccccc21)C(C)(C)c1ccccc1C. The van der Waals surface area contributed by atoms with Crippen molar-refractivity contribution in [2.45, 2.75) is 79.1 Å². The van der Waals surface area contributed by atoms with Gasteiger partial charge in [-0.2, -0.15) is 0 Å². The molecule has 5 rings (SSSR count). The summed E-state index contributed by atoms with van der Waals surface area (Å²) >= 11 is 0. The Morgan fingerprint density at radius 1 is 0.810 bits per heavy atom. The molecule has 3 aromatic rings. The lowest BCUT2D eigenvalue weighted by Crippen LogP contribution is -2.23. The topological polar surface area (TPSA) is 0 Å². The van der Waals surface area contributed by atoms with Crippen molar-refractivity contribution in [3.8, 4) is 0 Å². The predicted octanol–water partition coefficient (Wildman–Crippen LogP) is 11.4. The minimum absolute atomic E-state index is 0.0778. The Balaban J connectivity index is 1.51. The summed E-state index contributed by atoms with van der Waals surface area (Å²) in [5.41, 5.74) is 17.1. The van der Waals surface area contributed by atoms with Crippen molar-refractivity contribution in [1.82, 2.24) is 0 Å². The molecule has 2 aliphatic rings. The van der Waals surface area contributed by atoms with E-state index >= 15 is 0 Å². The summed E-state index contributed by atoms with van der Waals surface area (Å²) in [5.74, 6) is 0. The van der Waals surface area contributed by atoms with E-state index in [-0.39, 0.29) is 10.8 Å². The van der Waals surface area contributed by atoms with Crippen LogP contribution in [0.4, 0.5) is 0 Å². The molecule has 0 atom stereocenters. The fourth-order valence-electron chi connectivity index (χ4n) is 6.83. The smallest absolute Gasteiger partial charge is 0.0143 e. The van der Waals surface area contributed by atoms with Gasteiger partial charge in [0.1, 0.15) is 0 Å². The summed E-state index contributed by atoms with van der Waals surface area (Å²) < 4.78 is 0. The number of hydrogen-bond acceptors (Lipinski definition) is 0. The van der Waals surface area contributed by atoms with Crippen molar-refractivity contribution >= 4 is 17.2 Å². The van der Waals surface area contributed by atoms with Crippen LogP contribution in [0.5, 0.6) is 0 Å². The van der Waals surface area contributed by atoms with Gasteiger partial charge in [0.05, 0.1) is 0 Å². The van der Waals surface area contributed by atoms with E-state index in [2.05, 4.69) is 159 Å². The predicted molar refractivity (Wildman–Crippen MR) is 185 cm³/mol. The van der Waals surface area contributed by atoms with Crippen molar-refractivity contribution in [1.29, 1.82) is 0 Å². The van der Waals surface area contributed by atoms with Gasteiger partial charge in [0.25, 0.3) is 0 Å². The molecular formula is C42H46. The van der Waals surface area contributed by atoms with E-state index < -0.39 is 0 Å². The highest BCUT2D eigenvalue weighted by atomic mass is 14.3. The lowest BCUT2D eigenvalue weighted by atomic mass is 9.72. The van der Waals surface area contributed by atoms with Crippen LogP contribution in [0, 0.1) is 13.8 Å². The van der Waals surface area contributed by atoms with Crippen molar-refractivity contribution < 1.29 is 0 Å².